The highest BCUT2D eigenvalue weighted by Gasteiger charge is 2.32. The predicted octanol–water partition coefficient (Wildman–Crippen LogP) is 5.98. The van der Waals surface area contributed by atoms with Gasteiger partial charge in [0.15, 0.2) is 0 Å². The zero-order chi connectivity index (χ0) is 27.3. The van der Waals surface area contributed by atoms with Crippen molar-refractivity contribution in [3.8, 4) is 0 Å². The quantitative estimate of drug-likeness (QED) is 0.342. The maximum Gasteiger partial charge on any atom is 0.225 e. The van der Waals surface area contributed by atoms with Crippen LogP contribution >= 0.6 is 0 Å². The zero-order valence-electron chi connectivity index (χ0n) is 23.9. The minimum Gasteiger partial charge on any atom is -0.385 e. The molecule has 206 valence electrons. The van der Waals surface area contributed by atoms with Crippen LogP contribution in [-0.4, -0.2) is 51.6 Å². The van der Waals surface area contributed by atoms with E-state index >= 15 is 0 Å². The van der Waals surface area contributed by atoms with Gasteiger partial charge in [0.1, 0.15) is 5.82 Å². The third-order valence-corrected chi connectivity index (χ3v) is 8.32. The first kappa shape index (κ1) is 28.3. The van der Waals surface area contributed by atoms with Crippen molar-refractivity contribution in [2.45, 2.75) is 90.3 Å². The first-order valence-electron chi connectivity index (χ1n) is 14.3. The average Bonchev–Trinajstić information content (AvgIpc) is 3.05. The van der Waals surface area contributed by atoms with Crippen LogP contribution in [0.1, 0.15) is 83.1 Å². The molecular weight excluding hydrogens is 472 g/mol. The molecule has 1 saturated carbocycles. The van der Waals surface area contributed by atoms with Crippen LogP contribution in [0.3, 0.4) is 0 Å². The molecule has 0 bridgehead atoms. The fraction of sp³-hybridized carbons (Fsp3) is 0.562. The number of para-hydroxylation sites is 2. The second-order valence-electron chi connectivity index (χ2n) is 12.2. The van der Waals surface area contributed by atoms with E-state index in [2.05, 4.69) is 53.0 Å². The molecule has 2 N–H and O–H groups in total. The predicted molar refractivity (Wildman–Crippen MR) is 155 cm³/mol. The average molecular weight is 519 g/mol. The highest BCUT2D eigenvalue weighted by atomic mass is 16.3. The molecule has 1 aliphatic carbocycles. The van der Waals surface area contributed by atoms with E-state index in [9.17, 15) is 9.90 Å². The van der Waals surface area contributed by atoms with Crippen molar-refractivity contribution in [1.82, 2.24) is 19.8 Å². The number of benzene rings is 2. The lowest BCUT2D eigenvalue weighted by Gasteiger charge is -2.35. The number of hydrogen-bond acceptors (Lipinski definition) is 4. The highest BCUT2D eigenvalue weighted by Crippen LogP contribution is 2.35. The molecule has 1 aromatic heterocycles. The summed E-state index contributed by atoms with van der Waals surface area (Å²) in [6.45, 7) is 9.10. The Hall–Kier alpha value is -2.70. The lowest BCUT2D eigenvalue weighted by Crippen LogP contribution is -2.41. The molecule has 0 spiro atoms. The summed E-state index contributed by atoms with van der Waals surface area (Å²) in [5, 5.41) is 14.9. The number of aliphatic hydroxyl groups is 1. The molecule has 3 aromatic rings. The number of amides is 1. The number of rotatable bonds is 9. The van der Waals surface area contributed by atoms with Crippen molar-refractivity contribution < 1.29 is 9.90 Å². The molecule has 1 aliphatic rings. The first-order chi connectivity index (χ1) is 18.1. The zero-order valence-corrected chi connectivity index (χ0v) is 23.9. The van der Waals surface area contributed by atoms with Gasteiger partial charge in [0.05, 0.1) is 16.6 Å². The lowest BCUT2D eigenvalue weighted by molar-refractivity contribution is -0.128. The van der Waals surface area contributed by atoms with Crippen LogP contribution in [0.4, 0.5) is 0 Å². The van der Waals surface area contributed by atoms with Crippen molar-refractivity contribution in [3.05, 3.63) is 66.0 Å². The molecule has 1 heterocycles. The largest absolute Gasteiger partial charge is 0.385 e. The highest BCUT2D eigenvalue weighted by molar-refractivity contribution is 5.81. The minimum absolute atomic E-state index is 0.0110. The Balaban J connectivity index is 1.45. The number of carbonyl (C=O) groups is 1. The molecule has 1 unspecified atom stereocenters. The van der Waals surface area contributed by atoms with Gasteiger partial charge in [-0.3, -0.25) is 4.79 Å². The van der Waals surface area contributed by atoms with Crippen LogP contribution in [0.2, 0.25) is 0 Å². The normalized spacial score (nSPS) is 20.3. The summed E-state index contributed by atoms with van der Waals surface area (Å²) in [5.74, 6) is 1.10. The number of imidazole rings is 1. The van der Waals surface area contributed by atoms with Crippen LogP contribution in [0.5, 0.6) is 0 Å². The van der Waals surface area contributed by atoms with Gasteiger partial charge in [0, 0.05) is 30.6 Å². The van der Waals surface area contributed by atoms with Gasteiger partial charge in [0.25, 0.3) is 0 Å². The number of fused-ring (bicyclic) bond motifs is 1. The fourth-order valence-corrected chi connectivity index (χ4v) is 5.92. The van der Waals surface area contributed by atoms with Crippen molar-refractivity contribution in [2.75, 3.05) is 20.1 Å². The third-order valence-electron chi connectivity index (χ3n) is 8.32. The van der Waals surface area contributed by atoms with Gasteiger partial charge >= 0.3 is 0 Å². The standard InChI is InChI=1S/C32H46N4O2/c1-24-34-28-17-11-12-18-29(28)36(24)27-16-10-9-15-26(23-27)35(5)22-20-32(38,25-13-7-6-8-14-25)19-21-33-30(37)31(2,3)4/h6-8,11-14,17-18,26-27,38H,9-10,15-16,19-23H2,1-5H3,(H,33,37)/t26-,27+,32?/m0/s1. The Morgan fingerprint density at radius 1 is 1.05 bits per heavy atom. The Morgan fingerprint density at radius 2 is 1.74 bits per heavy atom. The Labute approximate surface area is 228 Å². The molecule has 3 atom stereocenters. The summed E-state index contributed by atoms with van der Waals surface area (Å²) in [5.41, 5.74) is 1.78. The minimum atomic E-state index is -0.998. The number of carbonyl (C=O) groups excluding carboxylic acids is 1. The second-order valence-corrected chi connectivity index (χ2v) is 12.2. The molecule has 1 fully saturated rings. The van der Waals surface area contributed by atoms with Gasteiger partial charge in [0.2, 0.25) is 5.91 Å². The fourth-order valence-electron chi connectivity index (χ4n) is 5.92. The van der Waals surface area contributed by atoms with Gasteiger partial charge in [-0.05, 0) is 63.8 Å². The topological polar surface area (TPSA) is 70.4 Å². The molecule has 1 amide bonds. The number of aromatic nitrogens is 2. The van der Waals surface area contributed by atoms with Crippen molar-refractivity contribution in [1.29, 1.82) is 0 Å². The third kappa shape index (κ3) is 6.65. The molecular formula is C32H46N4O2. The number of aryl methyl sites for hydroxylation is 1. The van der Waals surface area contributed by atoms with Crippen molar-refractivity contribution in [3.63, 3.8) is 0 Å². The number of hydrogen-bond donors (Lipinski definition) is 2. The van der Waals surface area contributed by atoms with E-state index in [4.69, 9.17) is 4.98 Å². The lowest BCUT2D eigenvalue weighted by atomic mass is 9.86. The molecule has 2 aromatic carbocycles. The van der Waals surface area contributed by atoms with Crippen LogP contribution in [0, 0.1) is 12.3 Å². The summed E-state index contributed by atoms with van der Waals surface area (Å²) in [4.78, 5) is 19.7. The van der Waals surface area contributed by atoms with Gasteiger partial charge in [-0.25, -0.2) is 4.98 Å². The smallest absolute Gasteiger partial charge is 0.225 e. The molecule has 6 heteroatoms. The summed E-state index contributed by atoms with van der Waals surface area (Å²) in [7, 11) is 2.21. The molecule has 0 aliphatic heterocycles. The maximum absolute atomic E-state index is 12.4. The van der Waals surface area contributed by atoms with Crippen LogP contribution in [0.25, 0.3) is 11.0 Å². The van der Waals surface area contributed by atoms with Crippen molar-refractivity contribution >= 4 is 16.9 Å². The molecule has 0 saturated heterocycles. The summed E-state index contributed by atoms with van der Waals surface area (Å²) in [6.07, 6.45) is 6.98. The second kappa shape index (κ2) is 12.0. The van der Waals surface area contributed by atoms with Crippen molar-refractivity contribution in [2.24, 2.45) is 5.41 Å². The van der Waals surface area contributed by atoms with Crippen LogP contribution in [0.15, 0.2) is 54.6 Å². The van der Waals surface area contributed by atoms with E-state index in [1.807, 2.05) is 51.1 Å². The Bertz CT molecular complexity index is 1200. The van der Waals surface area contributed by atoms with E-state index in [0.29, 0.717) is 31.5 Å². The van der Waals surface area contributed by atoms with Gasteiger partial charge in [-0.15, -0.1) is 0 Å². The van der Waals surface area contributed by atoms with E-state index < -0.39 is 11.0 Å². The maximum atomic E-state index is 12.4. The molecule has 0 radical (unpaired) electrons. The Kier molecular flexibility index (Phi) is 8.94. The molecule has 4 rings (SSSR count). The van der Waals surface area contributed by atoms with E-state index in [1.165, 1.54) is 31.2 Å². The molecule has 6 nitrogen and oxygen atoms in total. The molecule has 38 heavy (non-hydrogen) atoms. The van der Waals surface area contributed by atoms with Gasteiger partial charge in [-0.2, -0.15) is 0 Å². The summed E-state index contributed by atoms with van der Waals surface area (Å²) >= 11 is 0. The number of nitrogens with one attached hydrogen (secondary N) is 1. The van der Waals surface area contributed by atoms with E-state index in [-0.39, 0.29) is 5.91 Å². The van der Waals surface area contributed by atoms with Gasteiger partial charge < -0.3 is 19.9 Å². The van der Waals surface area contributed by atoms with Gasteiger partial charge in [-0.1, -0.05) is 76.1 Å². The van der Waals surface area contributed by atoms with E-state index in [0.717, 1.165) is 29.9 Å². The number of nitrogens with zero attached hydrogens (tertiary/aromatic N) is 3. The summed E-state index contributed by atoms with van der Waals surface area (Å²) in [6, 6.07) is 19.3. The SMILES string of the molecule is Cc1nc2ccccc2n1[C@@H]1CCCC[C@H](N(C)CCC(O)(CCNC(=O)C(C)(C)C)c2ccccc2)C1. The first-order valence-corrected chi connectivity index (χ1v) is 14.3. The summed E-state index contributed by atoms with van der Waals surface area (Å²) < 4.78 is 2.46. The van der Waals surface area contributed by atoms with E-state index in [1.54, 1.807) is 0 Å². The van der Waals surface area contributed by atoms with Crippen LogP contribution < -0.4 is 5.32 Å². The monoisotopic (exact) mass is 518 g/mol. The Morgan fingerprint density at radius 3 is 2.47 bits per heavy atom. The van der Waals surface area contributed by atoms with Crippen LogP contribution in [-0.2, 0) is 10.4 Å².